The Morgan fingerprint density at radius 3 is 2.50 bits per heavy atom. The number of hydrogen-bond acceptors (Lipinski definition) is 4. The van der Waals surface area contributed by atoms with Gasteiger partial charge >= 0.3 is 5.97 Å². The van der Waals surface area contributed by atoms with Crippen LogP contribution in [-0.2, 0) is 0 Å². The molecule has 0 radical (unpaired) electrons. The van der Waals surface area contributed by atoms with Gasteiger partial charge in [-0.1, -0.05) is 18.2 Å². The SMILES string of the molecule is Cc1ccc(C(=O)O)c(OCCOc2ccccc2)n1. The number of carboxylic acids is 1. The number of para-hydroxylation sites is 1. The van der Waals surface area contributed by atoms with Gasteiger partial charge in [0, 0.05) is 5.69 Å². The molecule has 2 rings (SSSR count). The summed E-state index contributed by atoms with van der Waals surface area (Å²) >= 11 is 0. The third-order valence-electron chi connectivity index (χ3n) is 2.56. The van der Waals surface area contributed by atoms with Crippen molar-refractivity contribution in [2.45, 2.75) is 6.92 Å². The van der Waals surface area contributed by atoms with Crippen molar-refractivity contribution in [1.82, 2.24) is 4.98 Å². The number of carboxylic acid groups (broad SMARTS) is 1. The molecule has 1 aromatic heterocycles. The van der Waals surface area contributed by atoms with Gasteiger partial charge in [-0.05, 0) is 31.2 Å². The number of ether oxygens (including phenoxy) is 2. The molecule has 1 N–H and O–H groups in total. The van der Waals surface area contributed by atoms with E-state index in [0.29, 0.717) is 12.3 Å². The van der Waals surface area contributed by atoms with Crippen molar-refractivity contribution in [3.05, 3.63) is 53.7 Å². The predicted molar refractivity (Wildman–Crippen MR) is 73.4 cm³/mol. The molecule has 0 saturated heterocycles. The fraction of sp³-hybridized carbons (Fsp3) is 0.200. The zero-order valence-corrected chi connectivity index (χ0v) is 11.1. The molecule has 0 aliphatic heterocycles. The number of pyridine rings is 1. The van der Waals surface area contributed by atoms with Crippen LogP contribution in [0.1, 0.15) is 16.1 Å². The third-order valence-corrected chi connectivity index (χ3v) is 2.56. The number of rotatable bonds is 6. The molecule has 5 heteroatoms. The van der Waals surface area contributed by atoms with Gasteiger partial charge in [-0.25, -0.2) is 9.78 Å². The molecular weight excluding hydrogens is 258 g/mol. The van der Waals surface area contributed by atoms with Crippen LogP contribution in [0.25, 0.3) is 0 Å². The Morgan fingerprint density at radius 1 is 1.10 bits per heavy atom. The Bertz CT molecular complexity index is 584. The van der Waals surface area contributed by atoms with E-state index >= 15 is 0 Å². The second kappa shape index (κ2) is 6.56. The van der Waals surface area contributed by atoms with Gasteiger partial charge in [0.2, 0.25) is 5.88 Å². The normalized spacial score (nSPS) is 10.1. The molecule has 1 aromatic carbocycles. The van der Waals surface area contributed by atoms with Crippen LogP contribution in [0.4, 0.5) is 0 Å². The lowest BCUT2D eigenvalue weighted by Gasteiger charge is -2.10. The number of aromatic nitrogens is 1. The molecule has 0 fully saturated rings. The van der Waals surface area contributed by atoms with Crippen LogP contribution < -0.4 is 9.47 Å². The molecule has 0 aliphatic rings. The molecular formula is C15H15NO4. The quantitative estimate of drug-likeness (QED) is 0.819. The number of aryl methyl sites for hydroxylation is 1. The largest absolute Gasteiger partial charge is 0.490 e. The number of carbonyl (C=O) groups is 1. The highest BCUT2D eigenvalue weighted by Crippen LogP contribution is 2.16. The van der Waals surface area contributed by atoms with Crippen LogP contribution in [0.2, 0.25) is 0 Å². The average molecular weight is 273 g/mol. The smallest absolute Gasteiger partial charge is 0.341 e. The second-order valence-corrected chi connectivity index (χ2v) is 4.12. The molecule has 1 heterocycles. The topological polar surface area (TPSA) is 68.7 Å². The number of nitrogens with zero attached hydrogens (tertiary/aromatic N) is 1. The van der Waals surface area contributed by atoms with E-state index in [4.69, 9.17) is 14.6 Å². The first-order valence-corrected chi connectivity index (χ1v) is 6.18. The van der Waals surface area contributed by atoms with Crippen LogP contribution >= 0.6 is 0 Å². The van der Waals surface area contributed by atoms with Crippen LogP contribution in [-0.4, -0.2) is 29.3 Å². The number of benzene rings is 1. The van der Waals surface area contributed by atoms with Crippen LogP contribution in [0.3, 0.4) is 0 Å². The minimum absolute atomic E-state index is 0.0512. The maximum Gasteiger partial charge on any atom is 0.341 e. The van der Waals surface area contributed by atoms with E-state index in [1.165, 1.54) is 6.07 Å². The van der Waals surface area contributed by atoms with Gasteiger partial charge in [-0.15, -0.1) is 0 Å². The van der Waals surface area contributed by atoms with Gasteiger partial charge in [0.05, 0.1) is 0 Å². The van der Waals surface area contributed by atoms with Gasteiger partial charge in [0.25, 0.3) is 0 Å². The predicted octanol–water partition coefficient (Wildman–Crippen LogP) is 2.55. The van der Waals surface area contributed by atoms with Crippen molar-refractivity contribution in [2.75, 3.05) is 13.2 Å². The molecule has 0 spiro atoms. The van der Waals surface area contributed by atoms with Gasteiger partial charge < -0.3 is 14.6 Å². The molecule has 0 unspecified atom stereocenters. The molecule has 2 aromatic rings. The standard InChI is InChI=1S/C15H15NO4/c1-11-7-8-13(15(17)18)14(16-11)20-10-9-19-12-5-3-2-4-6-12/h2-8H,9-10H2,1H3,(H,17,18). The Hall–Kier alpha value is -2.56. The molecule has 104 valence electrons. The van der Waals surface area contributed by atoms with Crippen molar-refractivity contribution < 1.29 is 19.4 Å². The summed E-state index contributed by atoms with van der Waals surface area (Å²) in [6, 6.07) is 12.5. The van der Waals surface area contributed by atoms with E-state index in [0.717, 1.165) is 5.75 Å². The number of aromatic carboxylic acids is 1. The summed E-state index contributed by atoms with van der Waals surface area (Å²) in [7, 11) is 0. The first-order valence-electron chi connectivity index (χ1n) is 6.18. The zero-order chi connectivity index (χ0) is 14.4. The monoisotopic (exact) mass is 273 g/mol. The fourth-order valence-corrected chi connectivity index (χ4v) is 1.62. The fourth-order valence-electron chi connectivity index (χ4n) is 1.62. The third kappa shape index (κ3) is 3.71. The van der Waals surface area contributed by atoms with Crippen LogP contribution in [0.5, 0.6) is 11.6 Å². The van der Waals surface area contributed by atoms with Gasteiger partial charge in [0.1, 0.15) is 24.5 Å². The van der Waals surface area contributed by atoms with Gasteiger partial charge in [0.15, 0.2) is 0 Å². The van der Waals surface area contributed by atoms with E-state index < -0.39 is 5.97 Å². The molecule has 0 bridgehead atoms. The van der Waals surface area contributed by atoms with E-state index in [9.17, 15) is 4.79 Å². The summed E-state index contributed by atoms with van der Waals surface area (Å²) in [5.41, 5.74) is 0.754. The lowest BCUT2D eigenvalue weighted by Crippen LogP contribution is -2.12. The van der Waals surface area contributed by atoms with Crippen LogP contribution in [0.15, 0.2) is 42.5 Å². The van der Waals surface area contributed by atoms with E-state index in [-0.39, 0.29) is 18.1 Å². The Labute approximate surface area is 116 Å². The summed E-state index contributed by atoms with van der Waals surface area (Å²) in [5.74, 6) is -0.197. The molecule has 0 atom stereocenters. The van der Waals surface area contributed by atoms with E-state index in [2.05, 4.69) is 4.98 Å². The van der Waals surface area contributed by atoms with Crippen molar-refractivity contribution in [3.8, 4) is 11.6 Å². The Morgan fingerprint density at radius 2 is 1.80 bits per heavy atom. The van der Waals surface area contributed by atoms with Crippen LogP contribution in [0, 0.1) is 6.92 Å². The molecule has 20 heavy (non-hydrogen) atoms. The van der Waals surface area contributed by atoms with Gasteiger partial charge in [-0.2, -0.15) is 0 Å². The summed E-state index contributed by atoms with van der Waals surface area (Å²) < 4.78 is 10.8. The first kappa shape index (κ1) is 13.9. The lowest BCUT2D eigenvalue weighted by molar-refractivity contribution is 0.0690. The summed E-state index contributed by atoms with van der Waals surface area (Å²) in [4.78, 5) is 15.1. The summed E-state index contributed by atoms with van der Waals surface area (Å²) in [5, 5.41) is 9.04. The van der Waals surface area contributed by atoms with Crippen molar-refractivity contribution >= 4 is 5.97 Å². The second-order valence-electron chi connectivity index (χ2n) is 4.12. The highest BCUT2D eigenvalue weighted by molar-refractivity contribution is 5.90. The van der Waals surface area contributed by atoms with E-state index in [1.807, 2.05) is 30.3 Å². The molecule has 5 nitrogen and oxygen atoms in total. The maximum atomic E-state index is 11.0. The first-order chi connectivity index (χ1) is 9.66. The Balaban J connectivity index is 1.91. The average Bonchev–Trinajstić information content (AvgIpc) is 2.44. The van der Waals surface area contributed by atoms with Crippen molar-refractivity contribution in [3.63, 3.8) is 0 Å². The minimum Gasteiger partial charge on any atom is -0.490 e. The zero-order valence-electron chi connectivity index (χ0n) is 11.1. The highest BCUT2D eigenvalue weighted by Gasteiger charge is 2.12. The number of hydrogen-bond donors (Lipinski definition) is 1. The van der Waals surface area contributed by atoms with Crippen molar-refractivity contribution in [1.29, 1.82) is 0 Å². The summed E-state index contributed by atoms with van der Waals surface area (Å²) in [6.07, 6.45) is 0. The maximum absolute atomic E-state index is 11.0. The molecule has 0 saturated carbocycles. The van der Waals surface area contributed by atoms with Gasteiger partial charge in [-0.3, -0.25) is 0 Å². The molecule has 0 amide bonds. The van der Waals surface area contributed by atoms with E-state index in [1.54, 1.807) is 13.0 Å². The Kier molecular flexibility index (Phi) is 4.55. The molecule has 0 aliphatic carbocycles. The highest BCUT2D eigenvalue weighted by atomic mass is 16.5. The lowest BCUT2D eigenvalue weighted by atomic mass is 10.2. The summed E-state index contributed by atoms with van der Waals surface area (Å²) in [6.45, 7) is 2.32. The minimum atomic E-state index is -1.06. The van der Waals surface area contributed by atoms with Crippen molar-refractivity contribution in [2.24, 2.45) is 0 Å².